The Morgan fingerprint density at radius 2 is 1.60 bits per heavy atom. The van der Waals surface area contributed by atoms with E-state index in [1.807, 2.05) is 24.3 Å². The third-order valence-corrected chi connectivity index (χ3v) is 6.02. The van der Waals surface area contributed by atoms with Crippen molar-refractivity contribution < 1.29 is 29.3 Å². The first-order chi connectivity index (χ1) is 16.8. The fraction of sp³-hybridized carbons (Fsp3) is 0.222. The standard InChI is InChI=1S/C27H26N2O6/c1-16(10-13-25(31)29-17-11-12-24(30)22(14-17)26(32)33)28-27(34)35-15-23-20-8-4-2-6-18(20)19-7-3-5-9-21(19)23/h2-9,11-12,14,16,23,30H,10,13,15H2,1H3,(H,28,34)(H,29,31)(H,32,33). The summed E-state index contributed by atoms with van der Waals surface area (Å²) in [5.41, 5.74) is 4.54. The first-order valence-corrected chi connectivity index (χ1v) is 11.3. The zero-order valence-corrected chi connectivity index (χ0v) is 19.2. The normalized spacial score (nSPS) is 12.8. The Morgan fingerprint density at radius 3 is 2.23 bits per heavy atom. The van der Waals surface area contributed by atoms with Crippen LogP contribution in [-0.2, 0) is 9.53 Å². The predicted octanol–water partition coefficient (Wildman–Crippen LogP) is 4.74. The van der Waals surface area contributed by atoms with Gasteiger partial charge in [0.25, 0.3) is 0 Å². The van der Waals surface area contributed by atoms with Crippen LogP contribution in [0, 0.1) is 0 Å². The van der Waals surface area contributed by atoms with Gasteiger partial charge in [0.1, 0.15) is 17.9 Å². The number of hydrogen-bond donors (Lipinski definition) is 4. The molecule has 180 valence electrons. The number of benzene rings is 3. The second kappa shape index (κ2) is 10.3. The number of phenols is 1. The molecule has 0 bridgehead atoms. The summed E-state index contributed by atoms with van der Waals surface area (Å²) in [4.78, 5) is 35.7. The van der Waals surface area contributed by atoms with Crippen molar-refractivity contribution in [3.8, 4) is 16.9 Å². The van der Waals surface area contributed by atoms with Gasteiger partial charge in [-0.3, -0.25) is 4.79 Å². The molecule has 4 N–H and O–H groups in total. The van der Waals surface area contributed by atoms with Crippen molar-refractivity contribution in [1.82, 2.24) is 5.32 Å². The summed E-state index contributed by atoms with van der Waals surface area (Å²) in [7, 11) is 0. The van der Waals surface area contributed by atoms with E-state index in [0.717, 1.165) is 22.3 Å². The number of aromatic hydroxyl groups is 1. The highest BCUT2D eigenvalue weighted by Crippen LogP contribution is 2.44. The van der Waals surface area contributed by atoms with Crippen molar-refractivity contribution >= 4 is 23.7 Å². The molecule has 1 aliphatic carbocycles. The number of carbonyl (C=O) groups excluding carboxylic acids is 2. The molecule has 0 fully saturated rings. The zero-order valence-electron chi connectivity index (χ0n) is 19.2. The fourth-order valence-corrected chi connectivity index (χ4v) is 4.27. The summed E-state index contributed by atoms with van der Waals surface area (Å²) in [5, 5.41) is 24.0. The summed E-state index contributed by atoms with van der Waals surface area (Å²) in [6.45, 7) is 1.98. The summed E-state index contributed by atoms with van der Waals surface area (Å²) in [6, 6.07) is 19.7. The van der Waals surface area contributed by atoms with Crippen LogP contribution in [0.5, 0.6) is 5.75 Å². The number of alkyl carbamates (subject to hydrolysis) is 1. The zero-order chi connectivity index (χ0) is 24.9. The third kappa shape index (κ3) is 5.43. The maximum Gasteiger partial charge on any atom is 0.407 e. The van der Waals surface area contributed by atoms with Crippen LogP contribution in [0.25, 0.3) is 11.1 Å². The quantitative estimate of drug-likeness (QED) is 0.350. The van der Waals surface area contributed by atoms with E-state index in [2.05, 4.69) is 34.9 Å². The lowest BCUT2D eigenvalue weighted by Gasteiger charge is -2.17. The minimum absolute atomic E-state index is 0.0322. The smallest absolute Gasteiger partial charge is 0.407 e. The molecule has 0 saturated carbocycles. The SMILES string of the molecule is CC(CCC(=O)Nc1ccc(O)c(C(=O)O)c1)NC(=O)OCC1c2ccccc2-c2ccccc21. The van der Waals surface area contributed by atoms with Gasteiger partial charge < -0.3 is 25.6 Å². The van der Waals surface area contributed by atoms with E-state index in [0.29, 0.717) is 6.42 Å². The van der Waals surface area contributed by atoms with E-state index in [1.165, 1.54) is 18.2 Å². The molecule has 1 aliphatic rings. The largest absolute Gasteiger partial charge is 0.507 e. The average Bonchev–Trinajstić information content (AvgIpc) is 3.16. The second-order valence-electron chi connectivity index (χ2n) is 8.49. The lowest BCUT2D eigenvalue weighted by molar-refractivity contribution is -0.116. The number of carboxylic acids is 1. The monoisotopic (exact) mass is 474 g/mol. The van der Waals surface area contributed by atoms with Crippen LogP contribution in [0.4, 0.5) is 10.5 Å². The molecule has 0 heterocycles. The Kier molecular flexibility index (Phi) is 7.01. The number of amides is 2. The Hall–Kier alpha value is -4.33. The van der Waals surface area contributed by atoms with Crippen LogP contribution < -0.4 is 10.6 Å². The van der Waals surface area contributed by atoms with E-state index in [4.69, 9.17) is 9.84 Å². The second-order valence-corrected chi connectivity index (χ2v) is 8.49. The number of aromatic carboxylic acids is 1. The van der Waals surface area contributed by atoms with Gasteiger partial charge >= 0.3 is 12.1 Å². The summed E-state index contributed by atoms with van der Waals surface area (Å²) in [6.07, 6.45) is -0.0852. The number of anilines is 1. The predicted molar refractivity (Wildman–Crippen MR) is 131 cm³/mol. The van der Waals surface area contributed by atoms with Crippen LogP contribution in [0.1, 0.15) is 47.2 Å². The molecule has 0 aromatic heterocycles. The topological polar surface area (TPSA) is 125 Å². The van der Waals surface area contributed by atoms with Gasteiger partial charge in [0.05, 0.1) is 0 Å². The van der Waals surface area contributed by atoms with E-state index in [-0.39, 0.29) is 47.9 Å². The van der Waals surface area contributed by atoms with Crippen LogP contribution in [0.15, 0.2) is 66.7 Å². The number of hydrogen-bond acceptors (Lipinski definition) is 5. The molecule has 0 saturated heterocycles. The third-order valence-electron chi connectivity index (χ3n) is 6.02. The van der Waals surface area contributed by atoms with Gasteiger partial charge in [-0.15, -0.1) is 0 Å². The van der Waals surface area contributed by atoms with E-state index in [1.54, 1.807) is 6.92 Å². The fourth-order valence-electron chi connectivity index (χ4n) is 4.27. The Balaban J connectivity index is 1.26. The first kappa shape index (κ1) is 23.8. The maximum absolute atomic E-state index is 12.4. The molecule has 35 heavy (non-hydrogen) atoms. The Labute approximate surface area is 202 Å². The van der Waals surface area contributed by atoms with Gasteiger partial charge in [-0.1, -0.05) is 48.5 Å². The lowest BCUT2D eigenvalue weighted by atomic mass is 9.98. The van der Waals surface area contributed by atoms with Gasteiger partial charge in [-0.2, -0.15) is 0 Å². The number of rotatable bonds is 8. The van der Waals surface area contributed by atoms with Crippen molar-refractivity contribution in [2.75, 3.05) is 11.9 Å². The number of fused-ring (bicyclic) bond motifs is 3. The van der Waals surface area contributed by atoms with Gasteiger partial charge in [0, 0.05) is 24.1 Å². The molecule has 0 aliphatic heterocycles. The van der Waals surface area contributed by atoms with Crippen LogP contribution >= 0.6 is 0 Å². The molecule has 3 aromatic carbocycles. The molecular weight excluding hydrogens is 448 g/mol. The van der Waals surface area contributed by atoms with Crippen molar-refractivity contribution in [3.63, 3.8) is 0 Å². The Morgan fingerprint density at radius 1 is 0.971 bits per heavy atom. The molecule has 0 spiro atoms. The van der Waals surface area contributed by atoms with E-state index >= 15 is 0 Å². The van der Waals surface area contributed by atoms with Crippen molar-refractivity contribution in [2.45, 2.75) is 31.7 Å². The van der Waals surface area contributed by atoms with Gasteiger partial charge in [-0.05, 0) is 53.8 Å². The van der Waals surface area contributed by atoms with Gasteiger partial charge in [-0.25, -0.2) is 9.59 Å². The highest BCUT2D eigenvalue weighted by molar-refractivity contribution is 5.95. The molecule has 1 atom stereocenters. The molecule has 0 radical (unpaired) electrons. The summed E-state index contributed by atoms with van der Waals surface area (Å²) < 4.78 is 5.53. The molecule has 8 heteroatoms. The number of carboxylic acid groups (broad SMARTS) is 1. The summed E-state index contributed by atoms with van der Waals surface area (Å²) >= 11 is 0. The lowest BCUT2D eigenvalue weighted by Crippen LogP contribution is -2.34. The van der Waals surface area contributed by atoms with Crippen LogP contribution in [-0.4, -0.2) is 40.8 Å². The molecule has 4 rings (SSSR count). The van der Waals surface area contributed by atoms with Crippen LogP contribution in [0.3, 0.4) is 0 Å². The van der Waals surface area contributed by atoms with Crippen molar-refractivity contribution in [1.29, 1.82) is 0 Å². The van der Waals surface area contributed by atoms with Crippen LogP contribution in [0.2, 0.25) is 0 Å². The van der Waals surface area contributed by atoms with Crippen molar-refractivity contribution in [3.05, 3.63) is 83.4 Å². The van der Waals surface area contributed by atoms with E-state index < -0.39 is 12.1 Å². The molecule has 3 aromatic rings. The minimum atomic E-state index is -1.29. The molecular formula is C27H26N2O6. The highest BCUT2D eigenvalue weighted by atomic mass is 16.5. The minimum Gasteiger partial charge on any atom is -0.507 e. The summed E-state index contributed by atoms with van der Waals surface area (Å²) in [5.74, 6) is -2.04. The van der Waals surface area contributed by atoms with Crippen molar-refractivity contribution in [2.24, 2.45) is 0 Å². The van der Waals surface area contributed by atoms with E-state index in [9.17, 15) is 19.5 Å². The van der Waals surface area contributed by atoms with Gasteiger partial charge in [0.2, 0.25) is 5.91 Å². The first-order valence-electron chi connectivity index (χ1n) is 11.3. The molecule has 2 amide bonds. The maximum atomic E-state index is 12.4. The molecule has 8 nitrogen and oxygen atoms in total. The molecule has 1 unspecified atom stereocenters. The van der Waals surface area contributed by atoms with Gasteiger partial charge in [0.15, 0.2) is 0 Å². The number of carbonyl (C=O) groups is 3. The number of ether oxygens (including phenoxy) is 1. The highest BCUT2D eigenvalue weighted by Gasteiger charge is 2.29. The average molecular weight is 475 g/mol. The number of nitrogens with one attached hydrogen (secondary N) is 2. The Bertz CT molecular complexity index is 1230.